The van der Waals surface area contributed by atoms with Crippen LogP contribution in [0.4, 0.5) is 17.2 Å². The van der Waals surface area contributed by atoms with Crippen molar-refractivity contribution < 1.29 is 27.6 Å². The number of aromatic nitrogens is 2. The van der Waals surface area contributed by atoms with E-state index < -0.39 is 27.0 Å². The molecule has 0 aliphatic heterocycles. The van der Waals surface area contributed by atoms with E-state index in [9.17, 15) is 23.3 Å². The Morgan fingerprint density at radius 3 is 2.42 bits per heavy atom. The minimum Gasteiger partial charge on any atom is -0.478 e. The van der Waals surface area contributed by atoms with E-state index in [1.54, 1.807) is 6.07 Å². The lowest BCUT2D eigenvalue weighted by molar-refractivity contribution is -0.386. The van der Waals surface area contributed by atoms with Crippen LogP contribution in [-0.4, -0.2) is 42.4 Å². The Bertz CT molecular complexity index is 1270. The van der Waals surface area contributed by atoms with Crippen molar-refractivity contribution in [1.82, 2.24) is 9.97 Å². The maximum atomic E-state index is 12.6. The van der Waals surface area contributed by atoms with Crippen molar-refractivity contribution in [3.05, 3.63) is 71.0 Å². The highest BCUT2D eigenvalue weighted by molar-refractivity contribution is 7.92. The van der Waals surface area contributed by atoms with Crippen molar-refractivity contribution in [3.63, 3.8) is 0 Å². The molecule has 1 atom stereocenters. The molecule has 0 aliphatic carbocycles. The smallest absolute Gasteiger partial charge is 0.310 e. The number of nitro benzene ring substituents is 1. The maximum Gasteiger partial charge on any atom is 0.310 e. The van der Waals surface area contributed by atoms with Gasteiger partial charge >= 0.3 is 5.69 Å². The number of amides is 1. The first kappa shape index (κ1) is 23.4. The molecule has 13 heteroatoms. The van der Waals surface area contributed by atoms with Gasteiger partial charge < -0.3 is 14.8 Å². The van der Waals surface area contributed by atoms with Crippen LogP contribution in [0, 0.1) is 10.1 Å². The Hall–Kier alpha value is -4.26. The van der Waals surface area contributed by atoms with Crippen molar-refractivity contribution in [2.45, 2.75) is 17.9 Å². The molecule has 3 aromatic rings. The monoisotopic (exact) mass is 473 g/mol. The number of nitrogens with zero attached hydrogens (tertiary/aromatic N) is 3. The summed E-state index contributed by atoms with van der Waals surface area (Å²) in [6.45, 7) is 1.43. The molecule has 0 aliphatic rings. The van der Waals surface area contributed by atoms with Gasteiger partial charge in [-0.25, -0.2) is 18.4 Å². The number of carbonyl (C=O) groups is 1. The van der Waals surface area contributed by atoms with Crippen molar-refractivity contribution in [2.75, 3.05) is 17.1 Å². The van der Waals surface area contributed by atoms with Gasteiger partial charge in [-0.05, 0) is 37.3 Å². The summed E-state index contributed by atoms with van der Waals surface area (Å²) in [6, 6.07) is 11.0. The average Bonchev–Trinajstić information content (AvgIpc) is 2.79. The quantitative estimate of drug-likeness (QED) is 0.351. The molecule has 3 rings (SSSR count). The Morgan fingerprint density at radius 1 is 1.09 bits per heavy atom. The number of anilines is 2. The molecule has 33 heavy (non-hydrogen) atoms. The summed E-state index contributed by atoms with van der Waals surface area (Å²) >= 11 is 0. The van der Waals surface area contributed by atoms with Gasteiger partial charge in [0.05, 0.1) is 16.9 Å². The number of nitrogens with one attached hydrogen (secondary N) is 2. The number of para-hydroxylation sites is 2. The molecule has 12 nitrogen and oxygen atoms in total. The fourth-order valence-corrected chi connectivity index (χ4v) is 3.65. The number of hydrogen-bond donors (Lipinski definition) is 2. The van der Waals surface area contributed by atoms with E-state index >= 15 is 0 Å². The van der Waals surface area contributed by atoms with Crippen LogP contribution in [0.1, 0.15) is 6.92 Å². The lowest BCUT2D eigenvalue weighted by Gasteiger charge is -2.15. The lowest BCUT2D eigenvalue weighted by atomic mass is 10.2. The molecule has 0 fully saturated rings. The van der Waals surface area contributed by atoms with E-state index in [0.29, 0.717) is 5.69 Å². The van der Waals surface area contributed by atoms with E-state index in [0.717, 1.165) is 0 Å². The van der Waals surface area contributed by atoms with Gasteiger partial charge in [0, 0.05) is 24.1 Å². The lowest BCUT2D eigenvalue weighted by Crippen LogP contribution is -2.30. The molecule has 0 radical (unpaired) electrons. The molecular weight excluding hydrogens is 454 g/mol. The number of ether oxygens (including phenoxy) is 2. The zero-order chi connectivity index (χ0) is 24.0. The molecule has 0 saturated heterocycles. The van der Waals surface area contributed by atoms with Crippen molar-refractivity contribution in [1.29, 1.82) is 0 Å². The highest BCUT2D eigenvalue weighted by Gasteiger charge is 2.22. The Balaban J connectivity index is 1.67. The Labute approximate surface area is 188 Å². The number of benzene rings is 2. The van der Waals surface area contributed by atoms with Gasteiger partial charge in [-0.3, -0.25) is 19.6 Å². The summed E-state index contributed by atoms with van der Waals surface area (Å²) in [7, 11) is -2.66. The maximum absolute atomic E-state index is 12.6. The third-order valence-corrected chi connectivity index (χ3v) is 5.61. The second kappa shape index (κ2) is 9.91. The largest absolute Gasteiger partial charge is 0.478 e. The zero-order valence-corrected chi connectivity index (χ0v) is 18.3. The second-order valence-corrected chi connectivity index (χ2v) is 8.20. The van der Waals surface area contributed by atoms with Gasteiger partial charge in [-0.2, -0.15) is 0 Å². The van der Waals surface area contributed by atoms with Gasteiger partial charge in [-0.15, -0.1) is 0 Å². The highest BCUT2D eigenvalue weighted by atomic mass is 32.2. The van der Waals surface area contributed by atoms with Crippen LogP contribution in [0.5, 0.6) is 11.6 Å². The van der Waals surface area contributed by atoms with E-state index in [1.807, 2.05) is 0 Å². The van der Waals surface area contributed by atoms with Crippen LogP contribution in [0.3, 0.4) is 0 Å². The van der Waals surface area contributed by atoms with E-state index in [1.165, 1.54) is 68.9 Å². The van der Waals surface area contributed by atoms with Crippen molar-refractivity contribution in [3.8, 4) is 11.6 Å². The van der Waals surface area contributed by atoms with E-state index in [4.69, 9.17) is 9.47 Å². The van der Waals surface area contributed by atoms with Gasteiger partial charge in [-0.1, -0.05) is 12.1 Å². The summed E-state index contributed by atoms with van der Waals surface area (Å²) in [4.78, 5) is 30.6. The number of rotatable bonds is 9. The standard InChI is InChI=1S/C20H19N5O7S/c1-13(32-17-6-4-3-5-16(17)25(27)28)19(26)23-14-7-9-15(10-8-14)33(29,30)24-18-20(31-2)22-12-11-21-18/h3-13H,1-2H3,(H,21,24)(H,23,26). The number of methoxy groups -OCH3 is 1. The second-order valence-electron chi connectivity index (χ2n) is 6.52. The predicted octanol–water partition coefficient (Wildman–Crippen LogP) is 2.60. The third-order valence-electron chi connectivity index (χ3n) is 4.26. The SMILES string of the molecule is COc1nccnc1NS(=O)(=O)c1ccc(NC(=O)C(C)Oc2ccccc2[N+](=O)[O-])cc1. The van der Waals surface area contributed by atoms with Crippen LogP contribution >= 0.6 is 0 Å². The van der Waals surface area contributed by atoms with Crippen LogP contribution in [0.15, 0.2) is 65.8 Å². The molecule has 1 amide bonds. The van der Waals surface area contributed by atoms with Crippen LogP contribution < -0.4 is 19.5 Å². The molecule has 2 aromatic carbocycles. The Kier molecular flexibility index (Phi) is 7.03. The van der Waals surface area contributed by atoms with Crippen LogP contribution in [-0.2, 0) is 14.8 Å². The molecule has 0 saturated carbocycles. The number of hydrogen-bond acceptors (Lipinski definition) is 9. The zero-order valence-electron chi connectivity index (χ0n) is 17.5. The Morgan fingerprint density at radius 2 is 1.76 bits per heavy atom. The first-order valence-electron chi connectivity index (χ1n) is 9.40. The normalized spacial score (nSPS) is 11.8. The summed E-state index contributed by atoms with van der Waals surface area (Å²) in [5.41, 5.74) is 0.0352. The molecule has 1 unspecified atom stereocenters. The number of carbonyl (C=O) groups excluding carboxylic acids is 1. The first-order chi connectivity index (χ1) is 15.7. The summed E-state index contributed by atoms with van der Waals surface area (Å²) < 4.78 is 37.9. The van der Waals surface area contributed by atoms with Gasteiger partial charge in [0.1, 0.15) is 0 Å². The number of sulfonamides is 1. The van der Waals surface area contributed by atoms with Gasteiger partial charge in [0.15, 0.2) is 11.9 Å². The fraction of sp³-hybridized carbons (Fsp3) is 0.150. The minimum absolute atomic E-state index is 0.0117. The molecule has 172 valence electrons. The minimum atomic E-state index is -3.99. The van der Waals surface area contributed by atoms with Gasteiger partial charge in [0.25, 0.3) is 21.8 Å². The summed E-state index contributed by atoms with van der Waals surface area (Å²) in [6.07, 6.45) is 1.61. The van der Waals surface area contributed by atoms with Crippen LogP contribution in [0.25, 0.3) is 0 Å². The van der Waals surface area contributed by atoms with Crippen LogP contribution in [0.2, 0.25) is 0 Å². The summed E-state index contributed by atoms with van der Waals surface area (Å²) in [5.74, 6) is -0.681. The first-order valence-corrected chi connectivity index (χ1v) is 10.9. The van der Waals surface area contributed by atoms with E-state index in [2.05, 4.69) is 20.0 Å². The number of nitro groups is 1. The summed E-state index contributed by atoms with van der Waals surface area (Å²) in [5, 5.41) is 13.7. The van der Waals surface area contributed by atoms with E-state index in [-0.39, 0.29) is 28.0 Å². The van der Waals surface area contributed by atoms with Crippen molar-refractivity contribution >= 4 is 33.1 Å². The van der Waals surface area contributed by atoms with Gasteiger partial charge in [0.2, 0.25) is 5.82 Å². The topological polar surface area (TPSA) is 163 Å². The molecule has 1 aromatic heterocycles. The molecule has 1 heterocycles. The average molecular weight is 473 g/mol. The van der Waals surface area contributed by atoms with Crippen molar-refractivity contribution in [2.24, 2.45) is 0 Å². The predicted molar refractivity (Wildman–Crippen MR) is 118 cm³/mol. The molecule has 2 N–H and O–H groups in total. The molecule has 0 spiro atoms. The fourth-order valence-electron chi connectivity index (χ4n) is 2.64. The molecular formula is C20H19N5O7S. The highest BCUT2D eigenvalue weighted by Crippen LogP contribution is 2.27. The molecule has 0 bridgehead atoms. The third kappa shape index (κ3) is 5.71.